The van der Waals surface area contributed by atoms with Crippen LogP contribution in [0.4, 0.5) is 4.79 Å². The van der Waals surface area contributed by atoms with Crippen LogP contribution in [0.1, 0.15) is 266 Å². The van der Waals surface area contributed by atoms with Gasteiger partial charge in [-0.3, -0.25) is 23.2 Å². The van der Waals surface area contributed by atoms with Crippen LogP contribution in [0.2, 0.25) is 0 Å². The van der Waals surface area contributed by atoms with Gasteiger partial charge in [0.1, 0.15) is 11.7 Å². The lowest BCUT2D eigenvalue weighted by atomic mass is 10.0. The van der Waals surface area contributed by atoms with E-state index in [0.29, 0.717) is 25.7 Å². The lowest BCUT2D eigenvalue weighted by molar-refractivity contribution is -0.150. The van der Waals surface area contributed by atoms with Gasteiger partial charge in [0.25, 0.3) is 0 Å². The normalized spacial score (nSPS) is 13.5. The third kappa shape index (κ3) is 44.3. The maximum absolute atomic E-state index is 13.9. The first-order valence-corrected chi connectivity index (χ1v) is 28.4. The summed E-state index contributed by atoms with van der Waals surface area (Å²) >= 11 is 0. The average molecular weight is 943 g/mol. The fourth-order valence-corrected chi connectivity index (χ4v) is 9.07. The molecule has 65 heavy (non-hydrogen) atoms. The van der Waals surface area contributed by atoms with Crippen molar-refractivity contribution in [3.63, 3.8) is 0 Å². The number of carbonyl (C=O) groups is 3. The molecule has 12 heteroatoms. The number of alkyl carbamates (subject to hydrolysis) is 1. The SMILES string of the molecule is C=CCOP(=O)(OCCNC(=O)OC(C)(C)C)OCC(CC(CCCCCCCCCC)OC(=O)CCCCCCCCCCCCCC)NC(=O)CCCCCCCCCCCCC. The predicted molar refractivity (Wildman–Crippen MR) is 270 cm³/mol. The van der Waals surface area contributed by atoms with E-state index >= 15 is 0 Å². The van der Waals surface area contributed by atoms with Crippen molar-refractivity contribution in [2.45, 2.75) is 284 Å². The van der Waals surface area contributed by atoms with Gasteiger partial charge in [-0.15, -0.1) is 6.58 Å². The summed E-state index contributed by atoms with van der Waals surface area (Å²) in [7, 11) is -4.15. The van der Waals surface area contributed by atoms with Gasteiger partial charge in [0.15, 0.2) is 0 Å². The molecule has 0 aromatic rings. The van der Waals surface area contributed by atoms with Crippen molar-refractivity contribution in [2.75, 3.05) is 26.4 Å². The summed E-state index contributed by atoms with van der Waals surface area (Å²) in [6.45, 7) is 15.3. The molecule has 3 unspecified atom stereocenters. The van der Waals surface area contributed by atoms with Gasteiger partial charge in [-0.25, -0.2) is 9.36 Å². The molecule has 0 aromatic heterocycles. The molecule has 2 N–H and O–H groups in total. The topological polar surface area (TPSA) is 138 Å². The maximum atomic E-state index is 13.9. The Morgan fingerprint density at radius 2 is 1.02 bits per heavy atom. The van der Waals surface area contributed by atoms with Crippen molar-refractivity contribution in [1.29, 1.82) is 0 Å². The molecule has 0 spiro atoms. The van der Waals surface area contributed by atoms with Crippen molar-refractivity contribution < 1.29 is 42.0 Å². The van der Waals surface area contributed by atoms with E-state index < -0.39 is 31.7 Å². The van der Waals surface area contributed by atoms with E-state index in [1.54, 1.807) is 20.8 Å². The van der Waals surface area contributed by atoms with E-state index in [0.717, 1.165) is 57.8 Å². The molecule has 0 aliphatic rings. The van der Waals surface area contributed by atoms with E-state index in [1.165, 1.54) is 147 Å². The number of ether oxygens (including phenoxy) is 2. The van der Waals surface area contributed by atoms with Crippen LogP contribution >= 0.6 is 7.82 Å². The third-order valence-electron chi connectivity index (χ3n) is 11.6. The minimum atomic E-state index is -4.15. The van der Waals surface area contributed by atoms with Crippen LogP contribution in [0.25, 0.3) is 0 Å². The van der Waals surface area contributed by atoms with E-state index in [1.807, 2.05) is 0 Å². The quantitative estimate of drug-likeness (QED) is 0.0264. The van der Waals surface area contributed by atoms with Crippen LogP contribution in [0.3, 0.4) is 0 Å². The molecule has 2 amide bonds. The molecule has 0 rings (SSSR count). The van der Waals surface area contributed by atoms with Crippen LogP contribution in [-0.4, -0.2) is 62.1 Å². The van der Waals surface area contributed by atoms with Gasteiger partial charge in [-0.1, -0.05) is 207 Å². The summed E-state index contributed by atoms with van der Waals surface area (Å²) in [6.07, 6.45) is 39.2. The van der Waals surface area contributed by atoms with Gasteiger partial charge in [-0.05, 0) is 46.5 Å². The van der Waals surface area contributed by atoms with Gasteiger partial charge in [0.2, 0.25) is 5.91 Å². The number of unbranched alkanes of at least 4 members (excludes halogenated alkanes) is 28. The highest BCUT2D eigenvalue weighted by atomic mass is 31.2. The molecule has 0 heterocycles. The molecule has 11 nitrogen and oxygen atoms in total. The van der Waals surface area contributed by atoms with E-state index in [4.69, 9.17) is 23.0 Å². The zero-order valence-electron chi connectivity index (χ0n) is 43.1. The first-order valence-electron chi connectivity index (χ1n) is 27.0. The number of phosphoric ester groups is 1. The highest BCUT2D eigenvalue weighted by Gasteiger charge is 2.30. The molecule has 0 fully saturated rings. The van der Waals surface area contributed by atoms with Gasteiger partial charge >= 0.3 is 19.9 Å². The molecule has 0 aliphatic heterocycles. The molecule has 0 aromatic carbocycles. The first-order chi connectivity index (χ1) is 31.4. The first kappa shape index (κ1) is 63.1. The largest absolute Gasteiger partial charge is 0.475 e. The molecule has 3 atom stereocenters. The Balaban J connectivity index is 5.62. The summed E-state index contributed by atoms with van der Waals surface area (Å²) in [5.74, 6) is -0.332. The number of carbonyl (C=O) groups excluding carboxylic acids is 3. The van der Waals surface area contributed by atoms with Crippen molar-refractivity contribution in [1.82, 2.24) is 10.6 Å². The Morgan fingerprint density at radius 3 is 1.46 bits per heavy atom. The molecule has 0 saturated carbocycles. The van der Waals surface area contributed by atoms with Crippen LogP contribution in [0.15, 0.2) is 12.7 Å². The Kier molecular flexibility index (Phi) is 43.2. The van der Waals surface area contributed by atoms with Crippen LogP contribution < -0.4 is 10.6 Å². The van der Waals surface area contributed by atoms with Crippen molar-refractivity contribution in [3.05, 3.63) is 12.7 Å². The Morgan fingerprint density at radius 1 is 0.585 bits per heavy atom. The second kappa shape index (κ2) is 44.6. The van der Waals surface area contributed by atoms with Gasteiger partial charge < -0.3 is 20.1 Å². The lowest BCUT2D eigenvalue weighted by Crippen LogP contribution is -2.41. The smallest absolute Gasteiger partial charge is 0.462 e. The predicted octanol–water partition coefficient (Wildman–Crippen LogP) is 16.0. The third-order valence-corrected chi connectivity index (χ3v) is 13.1. The zero-order chi connectivity index (χ0) is 48.1. The lowest BCUT2D eigenvalue weighted by Gasteiger charge is -2.26. The van der Waals surface area contributed by atoms with Crippen LogP contribution in [-0.2, 0) is 37.2 Å². The number of hydrogen-bond donors (Lipinski definition) is 2. The van der Waals surface area contributed by atoms with E-state index in [9.17, 15) is 18.9 Å². The molecule has 0 radical (unpaired) electrons. The summed E-state index contributed by atoms with van der Waals surface area (Å²) in [4.78, 5) is 39.0. The highest BCUT2D eigenvalue weighted by Crippen LogP contribution is 2.49. The molecule has 384 valence electrons. The number of rotatable bonds is 48. The molecule has 0 saturated heterocycles. The summed E-state index contributed by atoms with van der Waals surface area (Å²) in [5, 5.41) is 5.72. The Bertz CT molecular complexity index is 1180. The van der Waals surface area contributed by atoms with Crippen molar-refractivity contribution in [3.8, 4) is 0 Å². The number of amides is 2. The van der Waals surface area contributed by atoms with Gasteiger partial charge in [-0.2, -0.15) is 0 Å². The van der Waals surface area contributed by atoms with Crippen LogP contribution in [0, 0.1) is 0 Å². The molecule has 0 bridgehead atoms. The van der Waals surface area contributed by atoms with E-state index in [-0.39, 0.29) is 38.2 Å². The van der Waals surface area contributed by atoms with Gasteiger partial charge in [0.05, 0.1) is 25.9 Å². The molecular formula is C53H103N2O9P. The number of esters is 1. The monoisotopic (exact) mass is 943 g/mol. The summed E-state index contributed by atoms with van der Waals surface area (Å²) in [6, 6.07) is -0.613. The van der Waals surface area contributed by atoms with Crippen LogP contribution in [0.5, 0.6) is 0 Å². The fraction of sp³-hybridized carbons (Fsp3) is 0.906. The average Bonchev–Trinajstić information content (AvgIpc) is 3.26. The minimum absolute atomic E-state index is 0.00859. The number of phosphoric acid groups is 1. The molecule has 0 aliphatic carbocycles. The van der Waals surface area contributed by atoms with Gasteiger partial charge in [0, 0.05) is 25.8 Å². The number of nitrogens with one attached hydrogen (secondary N) is 2. The second-order valence-electron chi connectivity index (χ2n) is 19.4. The standard InChI is InChI=1S/C53H103N2O9P/c1-8-12-15-18-21-24-26-28-30-33-36-39-42-51(57)63-49(40-37-34-31-23-20-17-14-10-3)46-48(55-50(56)41-38-35-32-29-27-25-22-19-16-13-9-2)47-62-65(59,60-44-11-4)61-45-43-54-52(58)64-53(5,6)7/h11,48-49H,4,8-10,12-47H2,1-3,5-7H3,(H,54,58)(H,55,56). The Hall–Kier alpha value is -1.94. The minimum Gasteiger partial charge on any atom is -0.462 e. The number of hydrogen-bond acceptors (Lipinski definition) is 9. The zero-order valence-corrected chi connectivity index (χ0v) is 44.0. The maximum Gasteiger partial charge on any atom is 0.475 e. The van der Waals surface area contributed by atoms with Crippen molar-refractivity contribution >= 4 is 25.8 Å². The molecular weight excluding hydrogens is 840 g/mol. The Labute approximate surface area is 400 Å². The second-order valence-corrected chi connectivity index (χ2v) is 21.1. The summed E-state index contributed by atoms with van der Waals surface area (Å²) < 4.78 is 42.4. The fourth-order valence-electron chi connectivity index (χ4n) is 7.88. The van der Waals surface area contributed by atoms with E-state index in [2.05, 4.69) is 38.0 Å². The highest BCUT2D eigenvalue weighted by molar-refractivity contribution is 7.48. The van der Waals surface area contributed by atoms with Crippen molar-refractivity contribution in [2.24, 2.45) is 0 Å². The summed E-state index contributed by atoms with van der Waals surface area (Å²) in [5.41, 5.74) is -0.671.